The number of aryl methyl sites for hydroxylation is 1. The first-order valence-electron chi connectivity index (χ1n) is 5.06. The van der Waals surface area contributed by atoms with Gasteiger partial charge in [0.05, 0.1) is 10.2 Å². The molecule has 2 nitrogen and oxygen atoms in total. The lowest BCUT2D eigenvalue weighted by Gasteiger charge is -2.12. The zero-order chi connectivity index (χ0) is 12.4. The molecule has 0 bridgehead atoms. The van der Waals surface area contributed by atoms with Crippen molar-refractivity contribution in [3.63, 3.8) is 0 Å². The Morgan fingerprint density at radius 1 is 1.24 bits per heavy atom. The Balaban J connectivity index is 2.38. The zero-order valence-electron chi connectivity index (χ0n) is 9.21. The molecular formula is C13H11BrFNO. The third kappa shape index (κ3) is 2.58. The lowest BCUT2D eigenvalue weighted by atomic mass is 10.2. The molecule has 0 aliphatic rings. The fourth-order valence-corrected chi connectivity index (χ4v) is 1.91. The number of anilines is 1. The van der Waals surface area contributed by atoms with E-state index in [1.54, 1.807) is 12.1 Å². The second kappa shape index (κ2) is 4.75. The Morgan fingerprint density at radius 3 is 2.65 bits per heavy atom. The molecule has 0 atom stereocenters. The molecule has 2 N–H and O–H groups in total. The molecule has 0 aliphatic heterocycles. The van der Waals surface area contributed by atoms with Gasteiger partial charge in [0.2, 0.25) is 0 Å². The minimum Gasteiger partial charge on any atom is -0.454 e. The highest BCUT2D eigenvalue weighted by molar-refractivity contribution is 9.10. The maximum Gasteiger partial charge on any atom is 0.153 e. The van der Waals surface area contributed by atoms with E-state index in [0.29, 0.717) is 21.7 Å². The Morgan fingerprint density at radius 2 is 2.00 bits per heavy atom. The third-order valence-corrected chi connectivity index (χ3v) is 2.97. The summed E-state index contributed by atoms with van der Waals surface area (Å²) in [5.41, 5.74) is 7.32. The van der Waals surface area contributed by atoms with Crippen LogP contribution in [0, 0.1) is 12.7 Å². The SMILES string of the molecule is Cc1cccc(N)c1Oc1ccc(F)cc1Br. The van der Waals surface area contributed by atoms with Gasteiger partial charge in [-0.2, -0.15) is 0 Å². The Kier molecular flexibility index (Phi) is 3.33. The molecule has 0 aromatic heterocycles. The van der Waals surface area contributed by atoms with Gasteiger partial charge in [0.25, 0.3) is 0 Å². The number of benzene rings is 2. The van der Waals surface area contributed by atoms with Crippen molar-refractivity contribution in [1.82, 2.24) is 0 Å². The van der Waals surface area contributed by atoms with E-state index in [1.807, 2.05) is 19.1 Å². The van der Waals surface area contributed by atoms with E-state index in [4.69, 9.17) is 10.5 Å². The molecule has 0 fully saturated rings. The fourth-order valence-electron chi connectivity index (χ4n) is 1.48. The second-order valence-electron chi connectivity index (χ2n) is 3.67. The van der Waals surface area contributed by atoms with Crippen LogP contribution in [-0.4, -0.2) is 0 Å². The van der Waals surface area contributed by atoms with E-state index >= 15 is 0 Å². The molecule has 0 heterocycles. The van der Waals surface area contributed by atoms with Crippen LogP contribution in [0.5, 0.6) is 11.5 Å². The summed E-state index contributed by atoms with van der Waals surface area (Å²) in [6.45, 7) is 1.91. The van der Waals surface area contributed by atoms with Gasteiger partial charge in [-0.05, 0) is 52.7 Å². The number of nitrogen functional groups attached to an aromatic ring is 1. The van der Waals surface area contributed by atoms with Crippen LogP contribution in [0.1, 0.15) is 5.56 Å². The predicted molar refractivity (Wildman–Crippen MR) is 69.8 cm³/mol. The van der Waals surface area contributed by atoms with Crippen molar-refractivity contribution in [2.75, 3.05) is 5.73 Å². The van der Waals surface area contributed by atoms with E-state index < -0.39 is 0 Å². The van der Waals surface area contributed by atoms with Crippen molar-refractivity contribution >= 4 is 21.6 Å². The van der Waals surface area contributed by atoms with Crippen molar-refractivity contribution < 1.29 is 9.13 Å². The van der Waals surface area contributed by atoms with Crippen molar-refractivity contribution in [2.45, 2.75) is 6.92 Å². The second-order valence-corrected chi connectivity index (χ2v) is 4.52. The first-order chi connectivity index (χ1) is 8.08. The van der Waals surface area contributed by atoms with Gasteiger partial charge in [-0.1, -0.05) is 12.1 Å². The Bertz CT molecular complexity index is 537. The van der Waals surface area contributed by atoms with Crippen LogP contribution in [-0.2, 0) is 0 Å². The Labute approximate surface area is 107 Å². The molecule has 0 aliphatic carbocycles. The van der Waals surface area contributed by atoms with Crippen molar-refractivity contribution in [1.29, 1.82) is 0 Å². The molecule has 0 amide bonds. The van der Waals surface area contributed by atoms with E-state index in [9.17, 15) is 4.39 Å². The molecular weight excluding hydrogens is 285 g/mol. The van der Waals surface area contributed by atoms with Crippen LogP contribution < -0.4 is 10.5 Å². The number of ether oxygens (including phenoxy) is 1. The van der Waals surface area contributed by atoms with Crippen molar-refractivity contribution in [3.8, 4) is 11.5 Å². The molecule has 0 radical (unpaired) electrons. The van der Waals surface area contributed by atoms with Crippen LogP contribution in [0.3, 0.4) is 0 Å². The number of para-hydroxylation sites is 1. The van der Waals surface area contributed by atoms with Gasteiger partial charge in [0.1, 0.15) is 11.6 Å². The van der Waals surface area contributed by atoms with E-state index in [-0.39, 0.29) is 5.82 Å². The normalized spacial score (nSPS) is 10.3. The van der Waals surface area contributed by atoms with Crippen LogP contribution >= 0.6 is 15.9 Å². The van der Waals surface area contributed by atoms with Gasteiger partial charge in [-0.15, -0.1) is 0 Å². The molecule has 2 aromatic rings. The van der Waals surface area contributed by atoms with Crippen LogP contribution in [0.15, 0.2) is 40.9 Å². The largest absolute Gasteiger partial charge is 0.454 e. The van der Waals surface area contributed by atoms with E-state index in [1.165, 1.54) is 12.1 Å². The van der Waals surface area contributed by atoms with Crippen LogP contribution in [0.25, 0.3) is 0 Å². The molecule has 17 heavy (non-hydrogen) atoms. The number of nitrogens with two attached hydrogens (primary N) is 1. The summed E-state index contributed by atoms with van der Waals surface area (Å²) in [5.74, 6) is 0.814. The lowest BCUT2D eigenvalue weighted by molar-refractivity contribution is 0.476. The summed E-state index contributed by atoms with van der Waals surface area (Å²) in [6.07, 6.45) is 0. The molecule has 2 aromatic carbocycles. The van der Waals surface area contributed by atoms with Gasteiger partial charge in [-0.3, -0.25) is 0 Å². The first-order valence-corrected chi connectivity index (χ1v) is 5.85. The molecule has 0 unspecified atom stereocenters. The summed E-state index contributed by atoms with van der Waals surface area (Å²) in [7, 11) is 0. The molecule has 0 saturated carbocycles. The quantitative estimate of drug-likeness (QED) is 0.840. The van der Waals surface area contributed by atoms with Gasteiger partial charge in [0, 0.05) is 0 Å². The minimum absolute atomic E-state index is 0.318. The maximum atomic E-state index is 12.9. The monoisotopic (exact) mass is 295 g/mol. The number of hydrogen-bond acceptors (Lipinski definition) is 2. The van der Waals surface area contributed by atoms with Gasteiger partial charge in [0.15, 0.2) is 5.75 Å². The minimum atomic E-state index is -0.318. The predicted octanol–water partition coefficient (Wildman–Crippen LogP) is 4.27. The molecule has 4 heteroatoms. The standard InChI is InChI=1S/C13H11BrFNO/c1-8-3-2-4-11(16)13(8)17-12-6-5-9(15)7-10(12)14/h2-7H,16H2,1H3. The third-order valence-electron chi connectivity index (χ3n) is 2.35. The zero-order valence-corrected chi connectivity index (χ0v) is 10.8. The highest BCUT2D eigenvalue weighted by Crippen LogP contribution is 2.34. The number of halogens is 2. The Hall–Kier alpha value is -1.55. The number of rotatable bonds is 2. The molecule has 2 rings (SSSR count). The maximum absolute atomic E-state index is 12.9. The van der Waals surface area contributed by atoms with Crippen molar-refractivity contribution in [3.05, 3.63) is 52.3 Å². The first kappa shape index (κ1) is 11.9. The summed E-state index contributed by atoms with van der Waals surface area (Å²) >= 11 is 3.25. The lowest BCUT2D eigenvalue weighted by Crippen LogP contribution is -1.95. The van der Waals surface area contributed by atoms with Crippen LogP contribution in [0.4, 0.5) is 10.1 Å². The fraction of sp³-hybridized carbons (Fsp3) is 0.0769. The summed E-state index contributed by atoms with van der Waals surface area (Å²) < 4.78 is 19.2. The highest BCUT2D eigenvalue weighted by atomic mass is 79.9. The molecule has 0 saturated heterocycles. The highest BCUT2D eigenvalue weighted by Gasteiger charge is 2.08. The summed E-state index contributed by atoms with van der Waals surface area (Å²) in [6, 6.07) is 9.78. The number of hydrogen-bond donors (Lipinski definition) is 1. The topological polar surface area (TPSA) is 35.2 Å². The summed E-state index contributed by atoms with van der Waals surface area (Å²) in [4.78, 5) is 0. The molecule has 0 spiro atoms. The van der Waals surface area contributed by atoms with E-state index in [0.717, 1.165) is 5.56 Å². The average Bonchev–Trinajstić information content (AvgIpc) is 2.26. The molecule has 88 valence electrons. The van der Waals surface area contributed by atoms with Crippen LogP contribution in [0.2, 0.25) is 0 Å². The smallest absolute Gasteiger partial charge is 0.153 e. The van der Waals surface area contributed by atoms with Gasteiger partial charge in [-0.25, -0.2) is 4.39 Å². The van der Waals surface area contributed by atoms with Gasteiger partial charge >= 0.3 is 0 Å². The van der Waals surface area contributed by atoms with E-state index in [2.05, 4.69) is 15.9 Å². The average molecular weight is 296 g/mol. The van der Waals surface area contributed by atoms with Gasteiger partial charge < -0.3 is 10.5 Å². The van der Waals surface area contributed by atoms with Crippen molar-refractivity contribution in [2.24, 2.45) is 0 Å². The summed E-state index contributed by atoms with van der Waals surface area (Å²) in [5, 5.41) is 0.